The molecule has 2 rings (SSSR count). The van der Waals surface area contributed by atoms with Crippen molar-refractivity contribution in [1.82, 2.24) is 0 Å². The van der Waals surface area contributed by atoms with Gasteiger partial charge in [0, 0.05) is 6.42 Å². The maximum atomic E-state index is 12.4. The third-order valence-electron chi connectivity index (χ3n) is 4.23. The average Bonchev–Trinajstić information content (AvgIpc) is 2.64. The molecule has 1 atom stereocenters. The smallest absolute Gasteiger partial charge is 0.460 e. The number of carbonyl (C=O) groups is 2. The van der Waals surface area contributed by atoms with Crippen molar-refractivity contribution in [2.75, 3.05) is 13.2 Å². The minimum atomic E-state index is -0.762. The van der Waals surface area contributed by atoms with Crippen LogP contribution >= 0.6 is 0 Å². The SMILES string of the molecule is CCOC(=O)/C(=C/c1cc(C)c(OC(=O)OC(C)(C)C)c(C)c1)OC1CCCCO1. The first-order valence-corrected chi connectivity index (χ1v) is 10.3. The lowest BCUT2D eigenvalue weighted by Crippen LogP contribution is -2.26. The maximum absolute atomic E-state index is 12.4. The second-order valence-corrected chi connectivity index (χ2v) is 8.19. The molecule has 1 aromatic carbocycles. The molecule has 166 valence electrons. The molecule has 0 N–H and O–H groups in total. The van der Waals surface area contributed by atoms with Crippen LogP contribution in [0.15, 0.2) is 17.9 Å². The number of ether oxygens (including phenoxy) is 5. The quantitative estimate of drug-likeness (QED) is 0.275. The predicted octanol–water partition coefficient (Wildman–Crippen LogP) is 5.06. The van der Waals surface area contributed by atoms with Gasteiger partial charge in [0.2, 0.25) is 5.76 Å². The van der Waals surface area contributed by atoms with E-state index >= 15 is 0 Å². The first-order chi connectivity index (χ1) is 14.1. The molecule has 0 aromatic heterocycles. The molecule has 0 amide bonds. The minimum Gasteiger partial charge on any atom is -0.460 e. The molecule has 0 saturated carbocycles. The highest BCUT2D eigenvalue weighted by Crippen LogP contribution is 2.28. The van der Waals surface area contributed by atoms with E-state index in [9.17, 15) is 9.59 Å². The highest BCUT2D eigenvalue weighted by molar-refractivity contribution is 5.91. The summed E-state index contributed by atoms with van der Waals surface area (Å²) in [5.74, 6) is -0.0324. The summed E-state index contributed by atoms with van der Waals surface area (Å²) in [6.07, 6.45) is 3.07. The van der Waals surface area contributed by atoms with Crippen molar-refractivity contribution in [3.05, 3.63) is 34.6 Å². The van der Waals surface area contributed by atoms with E-state index in [4.69, 9.17) is 23.7 Å². The zero-order valence-corrected chi connectivity index (χ0v) is 18.7. The lowest BCUT2D eigenvalue weighted by atomic mass is 10.0. The number of aryl methyl sites for hydroxylation is 2. The molecular formula is C23H32O7. The average molecular weight is 421 g/mol. The fourth-order valence-electron chi connectivity index (χ4n) is 3.02. The topological polar surface area (TPSA) is 80.3 Å². The van der Waals surface area contributed by atoms with Crippen molar-refractivity contribution >= 4 is 18.2 Å². The van der Waals surface area contributed by atoms with Gasteiger partial charge in [-0.15, -0.1) is 0 Å². The largest absolute Gasteiger partial charge is 0.514 e. The van der Waals surface area contributed by atoms with Crippen LogP contribution in [0.25, 0.3) is 6.08 Å². The van der Waals surface area contributed by atoms with Crippen LogP contribution in [0.1, 0.15) is 63.6 Å². The number of esters is 1. The summed E-state index contributed by atoms with van der Waals surface area (Å²) in [4.78, 5) is 24.4. The molecular weight excluding hydrogens is 388 g/mol. The highest BCUT2D eigenvalue weighted by atomic mass is 16.7. The van der Waals surface area contributed by atoms with E-state index in [0.29, 0.717) is 12.4 Å². The van der Waals surface area contributed by atoms with Crippen molar-refractivity contribution in [3.63, 3.8) is 0 Å². The molecule has 0 bridgehead atoms. The number of hydrogen-bond donors (Lipinski definition) is 0. The van der Waals surface area contributed by atoms with Crippen molar-refractivity contribution in [2.24, 2.45) is 0 Å². The lowest BCUT2D eigenvalue weighted by Gasteiger charge is -2.24. The van der Waals surface area contributed by atoms with E-state index in [-0.39, 0.29) is 12.4 Å². The van der Waals surface area contributed by atoms with Gasteiger partial charge in [-0.2, -0.15) is 0 Å². The molecule has 0 spiro atoms. The standard InChI is InChI=1S/C23H32O7/c1-7-26-21(24)18(28-19-10-8-9-11-27-19)14-17-12-15(2)20(16(3)13-17)29-22(25)30-23(4,5)6/h12-14,19H,7-11H2,1-6H3/b18-14-. The van der Waals surface area contributed by atoms with E-state index in [0.717, 1.165) is 36.0 Å². The summed E-state index contributed by atoms with van der Waals surface area (Å²) < 4.78 is 27.1. The Labute approximate surface area is 178 Å². The summed E-state index contributed by atoms with van der Waals surface area (Å²) in [7, 11) is 0. The van der Waals surface area contributed by atoms with Gasteiger partial charge in [-0.3, -0.25) is 0 Å². The number of carbonyl (C=O) groups excluding carboxylic acids is 2. The maximum Gasteiger partial charge on any atom is 0.514 e. The van der Waals surface area contributed by atoms with Gasteiger partial charge >= 0.3 is 12.1 Å². The van der Waals surface area contributed by atoms with E-state index in [1.54, 1.807) is 45.9 Å². The number of hydrogen-bond acceptors (Lipinski definition) is 7. The van der Waals surface area contributed by atoms with Crippen molar-refractivity contribution < 1.29 is 33.3 Å². The molecule has 1 heterocycles. The van der Waals surface area contributed by atoms with Gasteiger partial charge in [-0.25, -0.2) is 9.59 Å². The molecule has 1 aromatic rings. The first-order valence-electron chi connectivity index (χ1n) is 10.3. The number of rotatable bonds is 6. The zero-order chi connectivity index (χ0) is 22.3. The zero-order valence-electron chi connectivity index (χ0n) is 18.7. The van der Waals surface area contributed by atoms with Crippen molar-refractivity contribution in [1.29, 1.82) is 0 Å². The Morgan fingerprint density at radius 2 is 1.83 bits per heavy atom. The normalized spacial score (nSPS) is 17.3. The van der Waals surface area contributed by atoms with Gasteiger partial charge in [0.25, 0.3) is 0 Å². The van der Waals surface area contributed by atoms with Gasteiger partial charge in [0.1, 0.15) is 11.4 Å². The second-order valence-electron chi connectivity index (χ2n) is 8.19. The molecule has 1 unspecified atom stereocenters. The number of benzene rings is 1. The van der Waals surface area contributed by atoms with Crippen LogP contribution in [0.5, 0.6) is 5.75 Å². The minimum absolute atomic E-state index is 0.0864. The van der Waals surface area contributed by atoms with Gasteiger partial charge < -0.3 is 23.7 Å². The first kappa shape index (κ1) is 23.7. The van der Waals surface area contributed by atoms with E-state index in [1.807, 2.05) is 13.8 Å². The molecule has 7 heteroatoms. The Balaban J connectivity index is 2.24. The van der Waals surface area contributed by atoms with E-state index < -0.39 is 24.0 Å². The van der Waals surface area contributed by atoms with Crippen LogP contribution in [0.3, 0.4) is 0 Å². The fraction of sp³-hybridized carbons (Fsp3) is 0.565. The molecule has 1 aliphatic rings. The van der Waals surface area contributed by atoms with Gasteiger partial charge in [0.05, 0.1) is 13.2 Å². The van der Waals surface area contributed by atoms with Crippen molar-refractivity contribution in [3.8, 4) is 5.75 Å². The van der Waals surface area contributed by atoms with Gasteiger partial charge in [-0.05, 0) is 89.3 Å². The second kappa shape index (κ2) is 10.5. The fourth-order valence-corrected chi connectivity index (χ4v) is 3.02. The molecule has 30 heavy (non-hydrogen) atoms. The van der Waals surface area contributed by atoms with E-state index in [2.05, 4.69) is 0 Å². The molecule has 0 aliphatic carbocycles. The third kappa shape index (κ3) is 7.37. The van der Waals surface area contributed by atoms with Crippen LogP contribution in [0, 0.1) is 13.8 Å². The van der Waals surface area contributed by atoms with Crippen LogP contribution in [0.4, 0.5) is 4.79 Å². The van der Waals surface area contributed by atoms with Crippen LogP contribution in [-0.2, 0) is 23.7 Å². The Morgan fingerprint density at radius 3 is 2.37 bits per heavy atom. The third-order valence-corrected chi connectivity index (χ3v) is 4.23. The Hall–Kier alpha value is -2.54. The molecule has 1 aliphatic heterocycles. The Bertz CT molecular complexity index is 760. The Kier molecular flexibility index (Phi) is 8.29. The summed E-state index contributed by atoms with van der Waals surface area (Å²) in [5, 5.41) is 0. The molecule has 1 fully saturated rings. The van der Waals surface area contributed by atoms with Gasteiger partial charge in [0.15, 0.2) is 6.29 Å². The van der Waals surface area contributed by atoms with Crippen LogP contribution in [-0.4, -0.2) is 37.2 Å². The summed E-state index contributed by atoms with van der Waals surface area (Å²) in [5.41, 5.74) is 1.53. The van der Waals surface area contributed by atoms with Crippen molar-refractivity contribution in [2.45, 2.75) is 72.7 Å². The van der Waals surface area contributed by atoms with Crippen LogP contribution in [0.2, 0.25) is 0 Å². The van der Waals surface area contributed by atoms with Gasteiger partial charge in [-0.1, -0.05) is 0 Å². The Morgan fingerprint density at radius 1 is 1.17 bits per heavy atom. The molecule has 1 saturated heterocycles. The highest BCUT2D eigenvalue weighted by Gasteiger charge is 2.23. The summed E-state index contributed by atoms with van der Waals surface area (Å²) in [6.45, 7) is 11.5. The predicted molar refractivity (Wildman–Crippen MR) is 112 cm³/mol. The van der Waals surface area contributed by atoms with E-state index in [1.165, 1.54) is 0 Å². The lowest BCUT2D eigenvalue weighted by molar-refractivity contribution is -0.162. The summed E-state index contributed by atoms with van der Waals surface area (Å²) >= 11 is 0. The van der Waals surface area contributed by atoms with Crippen LogP contribution < -0.4 is 4.74 Å². The summed E-state index contributed by atoms with van der Waals surface area (Å²) in [6, 6.07) is 3.61. The monoisotopic (exact) mass is 420 g/mol. The molecule has 0 radical (unpaired) electrons. The molecule has 7 nitrogen and oxygen atoms in total.